The second kappa shape index (κ2) is 6.39. The number of piperidine rings is 3. The molecule has 29 heavy (non-hydrogen) atoms. The molecule has 0 N–H and O–H groups in total. The number of amides is 1. The number of aromatic nitrogens is 2. The summed E-state index contributed by atoms with van der Waals surface area (Å²) in [7, 11) is 0. The number of carbonyl (C=O) groups is 1. The number of para-hydroxylation sites is 1. The molecule has 3 aromatic rings. The van der Waals surface area contributed by atoms with E-state index in [4.69, 9.17) is 4.98 Å². The summed E-state index contributed by atoms with van der Waals surface area (Å²) in [5.74, 6) is 1.27. The van der Waals surface area contributed by atoms with Crippen molar-refractivity contribution in [1.29, 1.82) is 0 Å². The van der Waals surface area contributed by atoms with Crippen LogP contribution in [0.25, 0.3) is 22.4 Å². The Hall–Kier alpha value is -2.73. The van der Waals surface area contributed by atoms with Gasteiger partial charge in [0.1, 0.15) is 11.6 Å². The molecule has 3 fully saturated rings. The molecule has 5 nitrogen and oxygen atoms in total. The summed E-state index contributed by atoms with van der Waals surface area (Å²) >= 11 is 0. The molecule has 1 aromatic heterocycles. The van der Waals surface area contributed by atoms with Crippen molar-refractivity contribution in [3.63, 3.8) is 0 Å². The van der Waals surface area contributed by atoms with Crippen molar-refractivity contribution in [1.82, 2.24) is 19.4 Å². The SMILES string of the molecule is O=C1c2cccc3nc(-c4ccc(F)cc4)n(c23)CCN1[C@@H]1CN2CCC1CC2. The molecule has 4 aliphatic rings. The van der Waals surface area contributed by atoms with Gasteiger partial charge in [-0.2, -0.15) is 0 Å². The Morgan fingerprint density at radius 2 is 1.76 bits per heavy atom. The van der Waals surface area contributed by atoms with Gasteiger partial charge in [-0.3, -0.25) is 4.79 Å². The number of hydrogen-bond donors (Lipinski definition) is 0. The molecule has 0 radical (unpaired) electrons. The zero-order valence-corrected chi connectivity index (χ0v) is 16.2. The Bertz CT molecular complexity index is 1100. The molecule has 1 amide bonds. The summed E-state index contributed by atoms with van der Waals surface area (Å²) in [6.45, 7) is 4.70. The molecule has 7 rings (SSSR count). The van der Waals surface area contributed by atoms with Crippen molar-refractivity contribution in [2.24, 2.45) is 5.92 Å². The van der Waals surface area contributed by atoms with E-state index in [0.29, 0.717) is 25.0 Å². The molecule has 4 aliphatic heterocycles. The Morgan fingerprint density at radius 1 is 0.966 bits per heavy atom. The number of halogens is 1. The quantitative estimate of drug-likeness (QED) is 0.674. The van der Waals surface area contributed by atoms with E-state index in [2.05, 4.69) is 14.4 Å². The molecule has 0 spiro atoms. The summed E-state index contributed by atoms with van der Waals surface area (Å²) < 4.78 is 15.6. The van der Waals surface area contributed by atoms with Gasteiger partial charge in [0.2, 0.25) is 0 Å². The van der Waals surface area contributed by atoms with Crippen LogP contribution in [-0.2, 0) is 6.54 Å². The van der Waals surface area contributed by atoms with Crippen molar-refractivity contribution in [2.45, 2.75) is 25.4 Å². The molecule has 0 aliphatic carbocycles. The first-order valence-corrected chi connectivity index (χ1v) is 10.5. The van der Waals surface area contributed by atoms with Crippen LogP contribution < -0.4 is 0 Å². The van der Waals surface area contributed by atoms with E-state index in [1.165, 1.54) is 25.0 Å². The normalized spacial score (nSPS) is 26.2. The van der Waals surface area contributed by atoms with Crippen LogP contribution in [0.4, 0.5) is 4.39 Å². The number of nitrogens with zero attached hydrogens (tertiary/aromatic N) is 4. The highest BCUT2D eigenvalue weighted by atomic mass is 19.1. The summed E-state index contributed by atoms with van der Waals surface area (Å²) in [4.78, 5) is 23.0. The van der Waals surface area contributed by atoms with Gasteiger partial charge in [-0.05, 0) is 68.2 Å². The van der Waals surface area contributed by atoms with Crippen molar-refractivity contribution >= 4 is 16.9 Å². The van der Waals surface area contributed by atoms with Gasteiger partial charge in [0.25, 0.3) is 5.91 Å². The fourth-order valence-electron chi connectivity index (χ4n) is 5.46. The second-order valence-corrected chi connectivity index (χ2v) is 8.47. The zero-order chi connectivity index (χ0) is 19.5. The predicted molar refractivity (Wildman–Crippen MR) is 109 cm³/mol. The maximum Gasteiger partial charge on any atom is 0.256 e. The van der Waals surface area contributed by atoms with E-state index in [0.717, 1.165) is 47.6 Å². The Labute approximate surface area is 168 Å². The van der Waals surface area contributed by atoms with Crippen molar-refractivity contribution in [2.75, 3.05) is 26.2 Å². The molecule has 1 atom stereocenters. The number of fused-ring (bicyclic) bond motifs is 3. The lowest BCUT2D eigenvalue weighted by molar-refractivity contribution is 0.00728. The Kier molecular flexibility index (Phi) is 3.78. The number of carbonyl (C=O) groups excluding carboxylic acids is 1. The first-order valence-electron chi connectivity index (χ1n) is 10.5. The minimum Gasteiger partial charge on any atom is -0.332 e. The largest absolute Gasteiger partial charge is 0.332 e. The van der Waals surface area contributed by atoms with Crippen LogP contribution >= 0.6 is 0 Å². The van der Waals surface area contributed by atoms with E-state index < -0.39 is 0 Å². The van der Waals surface area contributed by atoms with E-state index >= 15 is 0 Å². The number of benzene rings is 2. The molecule has 6 heteroatoms. The molecule has 5 heterocycles. The number of imidazole rings is 1. The third-order valence-electron chi connectivity index (χ3n) is 6.95. The number of hydrogen-bond acceptors (Lipinski definition) is 3. The lowest BCUT2D eigenvalue weighted by Crippen LogP contribution is -2.58. The monoisotopic (exact) mass is 390 g/mol. The maximum absolute atomic E-state index is 13.6. The first-order chi connectivity index (χ1) is 14.2. The van der Waals surface area contributed by atoms with Gasteiger partial charge in [0.05, 0.1) is 16.6 Å². The van der Waals surface area contributed by atoms with E-state index in [-0.39, 0.29) is 11.7 Å². The first kappa shape index (κ1) is 17.2. The fourth-order valence-corrected chi connectivity index (χ4v) is 5.46. The fraction of sp³-hybridized carbons (Fsp3) is 0.391. The van der Waals surface area contributed by atoms with Crippen LogP contribution in [0.5, 0.6) is 0 Å². The molecule has 3 saturated heterocycles. The smallest absolute Gasteiger partial charge is 0.256 e. The van der Waals surface area contributed by atoms with Crippen LogP contribution in [0.3, 0.4) is 0 Å². The summed E-state index contributed by atoms with van der Waals surface area (Å²) in [6.07, 6.45) is 2.38. The second-order valence-electron chi connectivity index (χ2n) is 8.47. The van der Waals surface area contributed by atoms with Gasteiger partial charge in [0.15, 0.2) is 0 Å². The summed E-state index contributed by atoms with van der Waals surface area (Å²) in [5.41, 5.74) is 3.33. The van der Waals surface area contributed by atoms with Gasteiger partial charge in [-0.1, -0.05) is 6.07 Å². The van der Waals surface area contributed by atoms with Crippen LogP contribution in [0, 0.1) is 11.7 Å². The van der Waals surface area contributed by atoms with Crippen LogP contribution in [0.15, 0.2) is 42.5 Å². The highest BCUT2D eigenvalue weighted by molar-refractivity contribution is 6.06. The lowest BCUT2D eigenvalue weighted by Gasteiger charge is -2.48. The highest BCUT2D eigenvalue weighted by Crippen LogP contribution is 2.35. The average molecular weight is 390 g/mol. The Morgan fingerprint density at radius 3 is 2.48 bits per heavy atom. The van der Waals surface area contributed by atoms with E-state index in [1.807, 2.05) is 18.2 Å². The topological polar surface area (TPSA) is 41.4 Å². The minimum atomic E-state index is -0.259. The average Bonchev–Trinajstić information content (AvgIpc) is 3.06. The van der Waals surface area contributed by atoms with Crippen LogP contribution in [0.2, 0.25) is 0 Å². The third-order valence-corrected chi connectivity index (χ3v) is 6.95. The highest BCUT2D eigenvalue weighted by Gasteiger charge is 2.40. The van der Waals surface area contributed by atoms with Crippen LogP contribution in [0.1, 0.15) is 23.2 Å². The molecule has 0 saturated carbocycles. The van der Waals surface area contributed by atoms with Gasteiger partial charge in [0, 0.05) is 31.2 Å². The Balaban J connectivity index is 1.45. The van der Waals surface area contributed by atoms with Crippen LogP contribution in [-0.4, -0.2) is 57.5 Å². The number of rotatable bonds is 2. The molecule has 0 unspecified atom stereocenters. The van der Waals surface area contributed by atoms with E-state index in [1.54, 1.807) is 12.1 Å². The van der Waals surface area contributed by atoms with Gasteiger partial charge >= 0.3 is 0 Å². The molecular formula is C23H23FN4O. The molecule has 2 bridgehead atoms. The molecule has 2 aromatic carbocycles. The third kappa shape index (κ3) is 2.62. The predicted octanol–water partition coefficient (Wildman–Crippen LogP) is 3.39. The summed E-state index contributed by atoms with van der Waals surface area (Å²) in [6, 6.07) is 12.5. The van der Waals surface area contributed by atoms with Gasteiger partial charge in [-0.15, -0.1) is 0 Å². The van der Waals surface area contributed by atoms with Crippen molar-refractivity contribution in [3.8, 4) is 11.4 Å². The van der Waals surface area contributed by atoms with Gasteiger partial charge in [-0.25, -0.2) is 9.37 Å². The minimum absolute atomic E-state index is 0.124. The zero-order valence-electron chi connectivity index (χ0n) is 16.2. The lowest BCUT2D eigenvalue weighted by atomic mass is 9.83. The molecular weight excluding hydrogens is 367 g/mol. The molecule has 148 valence electrons. The maximum atomic E-state index is 13.6. The van der Waals surface area contributed by atoms with E-state index in [9.17, 15) is 9.18 Å². The summed E-state index contributed by atoms with van der Waals surface area (Å²) in [5, 5.41) is 0. The van der Waals surface area contributed by atoms with Crippen molar-refractivity contribution in [3.05, 3.63) is 53.8 Å². The van der Waals surface area contributed by atoms with Gasteiger partial charge < -0.3 is 14.4 Å². The standard InChI is InChI=1S/C23H23FN4O/c24-17-6-4-16(5-7-17)22-25-19-3-1-2-18-21(19)28(22)13-12-27(23(18)29)20-14-26-10-8-15(20)9-11-26/h1-7,15,20H,8-14H2/t20-/m1/s1. The van der Waals surface area contributed by atoms with Crippen molar-refractivity contribution < 1.29 is 9.18 Å².